The van der Waals surface area contributed by atoms with E-state index in [0.717, 1.165) is 37.7 Å². The van der Waals surface area contributed by atoms with Crippen molar-refractivity contribution in [1.29, 1.82) is 0 Å². The largest absolute Gasteiger partial charge is 0.459 e. The van der Waals surface area contributed by atoms with Crippen molar-refractivity contribution < 1.29 is 51.8 Å². The Morgan fingerprint density at radius 1 is 0.644 bits per heavy atom. The zero-order valence-corrected chi connectivity index (χ0v) is 36.9. The van der Waals surface area contributed by atoms with E-state index in [1.807, 2.05) is 23.5 Å². The van der Waals surface area contributed by atoms with Crippen LogP contribution in [0.15, 0.2) is 30.3 Å². The average Bonchev–Trinajstić information content (AvgIpc) is 3.11. The van der Waals surface area contributed by atoms with Gasteiger partial charge in [-0.1, -0.05) is 103 Å². The maximum atomic E-state index is 16.0. The molecule has 0 unspecified atom stereocenters. The predicted octanol–water partition coefficient (Wildman–Crippen LogP) is 7.23. The molecule has 59 heavy (non-hydrogen) atoms. The molecule has 0 saturated carbocycles. The molecule has 0 saturated heterocycles. The van der Waals surface area contributed by atoms with Gasteiger partial charge in [-0.3, -0.25) is 19.2 Å². The lowest BCUT2D eigenvalue weighted by molar-refractivity contribution is -0.159. The number of hydrogen-bond donors (Lipinski definition) is 5. The number of nitrogens with one attached hydrogen (secondary N) is 5. The number of halogens is 2. The lowest BCUT2D eigenvalue weighted by atomic mass is 9.87. The van der Waals surface area contributed by atoms with Crippen molar-refractivity contribution in [1.82, 2.24) is 26.6 Å². The number of ether oxygens (including phenoxy) is 3. The molecule has 0 aliphatic heterocycles. The van der Waals surface area contributed by atoms with Crippen LogP contribution in [0.3, 0.4) is 0 Å². The predicted molar refractivity (Wildman–Crippen MR) is 221 cm³/mol. The van der Waals surface area contributed by atoms with Crippen molar-refractivity contribution in [3.05, 3.63) is 35.9 Å². The van der Waals surface area contributed by atoms with Crippen molar-refractivity contribution in [2.24, 2.45) is 5.41 Å². The molecule has 0 radical (unpaired) electrons. The number of carbonyl (C=O) groups excluding carboxylic acids is 6. The highest BCUT2D eigenvalue weighted by Crippen LogP contribution is 2.26. The van der Waals surface area contributed by atoms with E-state index < -0.39 is 83.1 Å². The van der Waals surface area contributed by atoms with Crippen molar-refractivity contribution in [3.8, 4) is 0 Å². The highest BCUT2D eigenvalue weighted by atomic mass is 19.3. The van der Waals surface area contributed by atoms with Gasteiger partial charge >= 0.3 is 24.1 Å². The Hall–Kier alpha value is -4.50. The van der Waals surface area contributed by atoms with Crippen LogP contribution >= 0.6 is 0 Å². The van der Waals surface area contributed by atoms with Gasteiger partial charge in [0.25, 0.3) is 5.91 Å². The first-order valence-electron chi connectivity index (χ1n) is 20.8. The van der Waals surface area contributed by atoms with Crippen LogP contribution in [0.5, 0.6) is 0 Å². The fraction of sp³-hybridized carbons (Fsp3) is 0.721. The molecule has 336 valence electrons. The number of hydrogen-bond acceptors (Lipinski definition) is 9. The summed E-state index contributed by atoms with van der Waals surface area (Å²) in [6.45, 7) is 16.5. The number of amides is 5. The molecule has 3 atom stereocenters. The van der Waals surface area contributed by atoms with Crippen LogP contribution in [0.25, 0.3) is 0 Å². The summed E-state index contributed by atoms with van der Waals surface area (Å²) in [5.74, 6) is -8.56. The summed E-state index contributed by atoms with van der Waals surface area (Å²) < 4.78 is 47.7. The number of carbonyl (C=O) groups is 6. The van der Waals surface area contributed by atoms with Gasteiger partial charge in [0.2, 0.25) is 11.8 Å². The summed E-state index contributed by atoms with van der Waals surface area (Å²) in [5.41, 5.74) is -1.61. The quantitative estimate of drug-likeness (QED) is 0.0406. The minimum atomic E-state index is -4.15. The first kappa shape index (κ1) is 52.5. The van der Waals surface area contributed by atoms with Crippen LogP contribution in [-0.2, 0) is 40.0 Å². The number of esters is 1. The van der Waals surface area contributed by atoms with E-state index in [9.17, 15) is 28.8 Å². The molecule has 0 bridgehead atoms. The van der Waals surface area contributed by atoms with Crippen LogP contribution in [0.1, 0.15) is 145 Å². The van der Waals surface area contributed by atoms with Crippen LogP contribution < -0.4 is 26.6 Å². The fourth-order valence-electron chi connectivity index (χ4n) is 5.81. The molecular formula is C43H71F2N5O9. The third-order valence-corrected chi connectivity index (χ3v) is 8.58. The second kappa shape index (κ2) is 25.2. The van der Waals surface area contributed by atoms with E-state index in [1.165, 1.54) is 0 Å². The third-order valence-electron chi connectivity index (χ3n) is 8.58. The van der Waals surface area contributed by atoms with Gasteiger partial charge in [0.1, 0.15) is 42.5 Å². The zero-order chi connectivity index (χ0) is 44.9. The molecule has 0 aliphatic carbocycles. The van der Waals surface area contributed by atoms with Gasteiger partial charge in [0, 0.05) is 6.54 Å². The molecule has 0 fully saturated rings. The average molecular weight is 840 g/mol. The van der Waals surface area contributed by atoms with Crippen LogP contribution in [0, 0.1) is 5.41 Å². The van der Waals surface area contributed by atoms with Gasteiger partial charge < -0.3 is 40.8 Å². The second-order valence-corrected chi connectivity index (χ2v) is 18.0. The highest BCUT2D eigenvalue weighted by molar-refractivity contribution is 5.92. The van der Waals surface area contributed by atoms with Crippen molar-refractivity contribution >= 4 is 35.9 Å². The summed E-state index contributed by atoms with van der Waals surface area (Å²) in [6, 6.07) is 4.48. The minimum Gasteiger partial charge on any atom is -0.459 e. The van der Waals surface area contributed by atoms with E-state index in [-0.39, 0.29) is 45.3 Å². The molecule has 0 aliphatic rings. The van der Waals surface area contributed by atoms with E-state index in [1.54, 1.807) is 74.4 Å². The summed E-state index contributed by atoms with van der Waals surface area (Å²) in [5, 5.41) is 12.1. The summed E-state index contributed by atoms with van der Waals surface area (Å²) in [6.07, 6.45) is 4.02. The smallest absolute Gasteiger partial charge is 0.408 e. The van der Waals surface area contributed by atoms with Gasteiger partial charge in [-0.15, -0.1) is 0 Å². The van der Waals surface area contributed by atoms with E-state index in [0.29, 0.717) is 6.42 Å². The first-order valence-corrected chi connectivity index (χ1v) is 20.8. The molecule has 0 aromatic heterocycles. The molecule has 14 nitrogen and oxygen atoms in total. The monoisotopic (exact) mass is 840 g/mol. The maximum absolute atomic E-state index is 16.0. The highest BCUT2D eigenvalue weighted by Gasteiger charge is 2.48. The number of rotatable bonds is 24. The molecule has 5 amide bonds. The van der Waals surface area contributed by atoms with Crippen molar-refractivity contribution in [3.63, 3.8) is 0 Å². The fourth-order valence-corrected chi connectivity index (χ4v) is 5.81. The Balaban J connectivity index is 3.23. The number of alkyl halides is 2. The maximum Gasteiger partial charge on any atom is 0.408 e. The first-order chi connectivity index (χ1) is 27.3. The number of unbranched alkanes of at least 4 members (excludes halogenated alkanes) is 6. The van der Waals surface area contributed by atoms with E-state index in [2.05, 4.69) is 28.2 Å². The van der Waals surface area contributed by atoms with Gasteiger partial charge in [-0.2, -0.15) is 8.78 Å². The van der Waals surface area contributed by atoms with Crippen LogP contribution in [-0.4, -0.2) is 84.2 Å². The molecular weight excluding hydrogens is 768 g/mol. The Labute approximate surface area is 349 Å². The van der Waals surface area contributed by atoms with Gasteiger partial charge in [0.05, 0.1) is 0 Å². The normalized spacial score (nSPS) is 13.6. The van der Waals surface area contributed by atoms with Gasteiger partial charge in [-0.25, -0.2) is 9.59 Å². The van der Waals surface area contributed by atoms with Crippen LogP contribution in [0.2, 0.25) is 0 Å². The molecule has 5 N–H and O–H groups in total. The lowest BCUT2D eigenvalue weighted by Gasteiger charge is -2.32. The van der Waals surface area contributed by atoms with Crippen molar-refractivity contribution in [2.75, 3.05) is 13.1 Å². The van der Waals surface area contributed by atoms with E-state index >= 15 is 8.78 Å². The molecule has 0 spiro atoms. The molecule has 1 rings (SSSR count). The van der Waals surface area contributed by atoms with Gasteiger partial charge in [-0.05, 0) is 78.2 Å². The lowest BCUT2D eigenvalue weighted by Crippen LogP contribution is -2.60. The summed E-state index contributed by atoms with van der Waals surface area (Å²) in [4.78, 5) is 78.1. The third kappa shape index (κ3) is 24.2. The molecule has 16 heteroatoms. The Morgan fingerprint density at radius 2 is 1.22 bits per heavy atom. The molecule has 1 aromatic rings. The van der Waals surface area contributed by atoms with Crippen LogP contribution in [0.4, 0.5) is 18.4 Å². The Morgan fingerprint density at radius 3 is 1.80 bits per heavy atom. The molecule has 0 heterocycles. The SMILES string of the molecule is CCCCCCCCC[C@@H](NC(=O)[C@H](CC(C)(C)C)NC(=O)[C@H](CCCNC(=O)OCc1ccccc1)NC(=O)OC(C)(C)C)C(F)(F)C(=O)NCC(=O)OC(C)(C)C. The summed E-state index contributed by atoms with van der Waals surface area (Å²) in [7, 11) is 0. The number of alkyl carbamates (subject to hydrolysis) is 2. The van der Waals surface area contributed by atoms with Crippen molar-refractivity contribution in [2.45, 2.75) is 182 Å². The number of benzene rings is 1. The second-order valence-electron chi connectivity index (χ2n) is 18.0. The van der Waals surface area contributed by atoms with E-state index in [4.69, 9.17) is 14.2 Å². The standard InChI is InChI=1S/C43H71F2N5O9/c1-11-12-13-14-15-16-20-25-33(43(44,45)37(54)47-28-34(51)58-41(5,6)7)50-36(53)32(27-40(2,3)4)48-35(52)31(49-39(56)59-42(8,9)10)24-21-26-46-38(55)57-29-30-22-18-17-19-23-30/h17-19,22-23,31-33H,11-16,20-21,24-29H2,1-10H3,(H,46,55)(H,47,54)(H,48,52)(H,49,56)(H,50,53)/t31-,32-,33+/m0/s1. The Kier molecular flexibility index (Phi) is 22.4. The summed E-state index contributed by atoms with van der Waals surface area (Å²) >= 11 is 0. The Bertz CT molecular complexity index is 1470. The zero-order valence-electron chi connectivity index (χ0n) is 36.9. The van der Waals surface area contributed by atoms with Gasteiger partial charge in [0.15, 0.2) is 0 Å². The molecule has 1 aromatic carbocycles. The minimum absolute atomic E-state index is 0.000891. The topological polar surface area (TPSA) is 190 Å².